The molecule has 0 amide bonds. The van der Waals surface area contributed by atoms with Crippen molar-refractivity contribution in [3.05, 3.63) is 17.7 Å². The fourth-order valence-corrected chi connectivity index (χ4v) is 4.15. The second-order valence-electron chi connectivity index (χ2n) is 4.88. The maximum atomic E-state index is 12.6. The van der Waals surface area contributed by atoms with Crippen LogP contribution in [0.15, 0.2) is 17.0 Å². The van der Waals surface area contributed by atoms with Crippen molar-refractivity contribution in [2.45, 2.75) is 24.3 Å². The molecule has 1 aromatic carbocycles. The van der Waals surface area contributed by atoms with Gasteiger partial charge in [-0.3, -0.25) is 0 Å². The second-order valence-corrected chi connectivity index (χ2v) is 6.79. The minimum absolute atomic E-state index is 0. The van der Waals surface area contributed by atoms with Crippen LogP contribution in [0.2, 0.25) is 0 Å². The van der Waals surface area contributed by atoms with Crippen LogP contribution < -0.4 is 15.2 Å². The zero-order valence-electron chi connectivity index (χ0n) is 11.0. The Kier molecular flexibility index (Phi) is 4.15. The van der Waals surface area contributed by atoms with Crippen LogP contribution in [0.25, 0.3) is 0 Å². The van der Waals surface area contributed by atoms with Crippen LogP contribution >= 0.6 is 12.4 Å². The van der Waals surface area contributed by atoms with E-state index in [-0.39, 0.29) is 30.1 Å². The molecular formula is C12H17ClN2O4S. The number of sulfonamides is 1. The van der Waals surface area contributed by atoms with Gasteiger partial charge in [-0.1, -0.05) is 0 Å². The molecule has 2 N–H and O–H groups in total. The average molecular weight is 321 g/mol. The van der Waals surface area contributed by atoms with Crippen LogP contribution in [0.3, 0.4) is 0 Å². The Balaban J connectivity index is 0.00000147. The number of ether oxygens (including phenoxy) is 2. The number of hydrogen-bond acceptors (Lipinski definition) is 5. The molecule has 0 bridgehead atoms. The normalized spacial score (nSPS) is 21.8. The fraction of sp³-hybridized carbons (Fsp3) is 0.500. The molecule has 0 saturated carbocycles. The van der Waals surface area contributed by atoms with E-state index in [1.807, 2.05) is 0 Å². The van der Waals surface area contributed by atoms with E-state index in [9.17, 15) is 8.42 Å². The highest BCUT2D eigenvalue weighted by Crippen LogP contribution is 2.37. The van der Waals surface area contributed by atoms with Crippen molar-refractivity contribution in [3.8, 4) is 11.5 Å². The Labute approximate surface area is 124 Å². The van der Waals surface area contributed by atoms with Gasteiger partial charge in [0.05, 0.1) is 4.90 Å². The second kappa shape index (κ2) is 5.40. The molecule has 1 fully saturated rings. The molecule has 2 heterocycles. The topological polar surface area (TPSA) is 81.9 Å². The van der Waals surface area contributed by atoms with Crippen molar-refractivity contribution >= 4 is 22.4 Å². The molecule has 0 radical (unpaired) electrons. The highest BCUT2D eigenvalue weighted by molar-refractivity contribution is 7.89. The van der Waals surface area contributed by atoms with Crippen LogP contribution in [-0.2, 0) is 10.0 Å². The summed E-state index contributed by atoms with van der Waals surface area (Å²) in [6.07, 6.45) is 0.697. The van der Waals surface area contributed by atoms with Crippen molar-refractivity contribution in [3.63, 3.8) is 0 Å². The lowest BCUT2D eigenvalue weighted by Gasteiger charge is -2.17. The number of nitrogens with zero attached hydrogens (tertiary/aromatic N) is 1. The minimum Gasteiger partial charge on any atom is -0.454 e. The van der Waals surface area contributed by atoms with Crippen LogP contribution in [0.5, 0.6) is 11.5 Å². The Morgan fingerprint density at radius 1 is 1.30 bits per heavy atom. The van der Waals surface area contributed by atoms with Gasteiger partial charge < -0.3 is 15.2 Å². The van der Waals surface area contributed by atoms with Crippen molar-refractivity contribution in [1.82, 2.24) is 4.31 Å². The molecule has 0 aliphatic carbocycles. The van der Waals surface area contributed by atoms with Gasteiger partial charge in [-0.15, -0.1) is 12.4 Å². The van der Waals surface area contributed by atoms with E-state index in [0.29, 0.717) is 36.6 Å². The number of hydrogen-bond donors (Lipinski definition) is 1. The van der Waals surface area contributed by atoms with Crippen molar-refractivity contribution in [2.75, 3.05) is 19.9 Å². The third-order valence-electron chi connectivity index (χ3n) is 3.48. The number of halogens is 1. The standard InChI is InChI=1S/C12H16N2O4S.ClH/c1-8-4-10-11(18-7-17-10)5-12(8)19(15,16)14-3-2-9(13)6-14;/h4-5,9H,2-3,6-7,13H2,1H3;1H/t9-;/m0./s1. The highest BCUT2D eigenvalue weighted by atomic mass is 35.5. The van der Waals surface area contributed by atoms with Gasteiger partial charge in [-0.25, -0.2) is 8.42 Å². The summed E-state index contributed by atoms with van der Waals surface area (Å²) in [5.74, 6) is 1.07. The highest BCUT2D eigenvalue weighted by Gasteiger charge is 2.33. The monoisotopic (exact) mass is 320 g/mol. The first kappa shape index (κ1) is 15.4. The molecule has 0 aromatic heterocycles. The van der Waals surface area contributed by atoms with Crippen molar-refractivity contribution < 1.29 is 17.9 Å². The molecule has 2 aliphatic rings. The first-order valence-corrected chi connectivity index (χ1v) is 7.58. The van der Waals surface area contributed by atoms with Gasteiger partial charge in [-0.2, -0.15) is 4.31 Å². The van der Waals surface area contributed by atoms with Gasteiger partial charge in [0, 0.05) is 25.2 Å². The summed E-state index contributed by atoms with van der Waals surface area (Å²) in [7, 11) is -3.51. The van der Waals surface area contributed by atoms with E-state index in [1.165, 1.54) is 10.4 Å². The molecule has 0 spiro atoms. The lowest BCUT2D eigenvalue weighted by atomic mass is 10.2. The molecule has 6 nitrogen and oxygen atoms in total. The summed E-state index contributed by atoms with van der Waals surface area (Å²) in [5.41, 5.74) is 6.43. The van der Waals surface area contributed by atoms with Gasteiger partial charge in [0.15, 0.2) is 11.5 Å². The number of fused-ring (bicyclic) bond motifs is 1. The molecule has 8 heteroatoms. The number of aryl methyl sites for hydroxylation is 1. The molecule has 20 heavy (non-hydrogen) atoms. The third kappa shape index (κ3) is 2.46. The van der Waals surface area contributed by atoms with Crippen LogP contribution in [0.1, 0.15) is 12.0 Å². The fourth-order valence-electron chi connectivity index (χ4n) is 2.41. The van der Waals surface area contributed by atoms with E-state index in [4.69, 9.17) is 15.2 Å². The van der Waals surface area contributed by atoms with Gasteiger partial charge in [-0.05, 0) is 25.0 Å². The average Bonchev–Trinajstić information content (AvgIpc) is 2.96. The lowest BCUT2D eigenvalue weighted by Crippen LogP contribution is -2.32. The Morgan fingerprint density at radius 3 is 2.55 bits per heavy atom. The molecule has 0 unspecified atom stereocenters. The van der Waals surface area contributed by atoms with Crippen LogP contribution in [-0.4, -0.2) is 38.6 Å². The number of rotatable bonds is 2. The molecule has 112 valence electrons. The first-order valence-electron chi connectivity index (χ1n) is 6.14. The van der Waals surface area contributed by atoms with Crippen LogP contribution in [0, 0.1) is 6.92 Å². The maximum Gasteiger partial charge on any atom is 0.243 e. The number of nitrogens with two attached hydrogens (primary N) is 1. The van der Waals surface area contributed by atoms with Crippen LogP contribution in [0.4, 0.5) is 0 Å². The van der Waals surface area contributed by atoms with E-state index in [0.717, 1.165) is 0 Å². The van der Waals surface area contributed by atoms with Gasteiger partial charge in [0.25, 0.3) is 0 Å². The van der Waals surface area contributed by atoms with Gasteiger partial charge in [0.1, 0.15) is 0 Å². The summed E-state index contributed by atoms with van der Waals surface area (Å²) in [6, 6.07) is 3.16. The zero-order chi connectivity index (χ0) is 13.6. The summed E-state index contributed by atoms with van der Waals surface area (Å²) in [6.45, 7) is 2.73. The Bertz CT molecular complexity index is 620. The van der Waals surface area contributed by atoms with Gasteiger partial charge in [0.2, 0.25) is 16.8 Å². The molecule has 1 aromatic rings. The maximum absolute atomic E-state index is 12.6. The van der Waals surface area contributed by atoms with E-state index in [2.05, 4.69) is 0 Å². The van der Waals surface area contributed by atoms with E-state index >= 15 is 0 Å². The largest absolute Gasteiger partial charge is 0.454 e. The van der Waals surface area contributed by atoms with Gasteiger partial charge >= 0.3 is 0 Å². The molecule has 3 rings (SSSR count). The zero-order valence-corrected chi connectivity index (χ0v) is 12.7. The predicted molar refractivity (Wildman–Crippen MR) is 75.9 cm³/mol. The van der Waals surface area contributed by atoms with E-state index < -0.39 is 10.0 Å². The molecule has 1 atom stereocenters. The van der Waals surface area contributed by atoms with Crippen molar-refractivity contribution in [1.29, 1.82) is 0 Å². The predicted octanol–water partition coefficient (Wildman–Crippen LogP) is 0.867. The minimum atomic E-state index is -3.51. The third-order valence-corrected chi connectivity index (χ3v) is 5.48. The Hall–Kier alpha value is -1.02. The quantitative estimate of drug-likeness (QED) is 0.874. The molecular weight excluding hydrogens is 304 g/mol. The SMILES string of the molecule is Cc1cc2c(cc1S(=O)(=O)N1CC[C@H](N)C1)OCO2.Cl. The molecule has 1 saturated heterocycles. The van der Waals surface area contributed by atoms with Crippen molar-refractivity contribution in [2.24, 2.45) is 5.73 Å². The number of benzene rings is 1. The summed E-state index contributed by atoms with van der Waals surface area (Å²) in [4.78, 5) is 0.269. The summed E-state index contributed by atoms with van der Waals surface area (Å²) < 4.78 is 37.1. The molecule has 2 aliphatic heterocycles. The lowest BCUT2D eigenvalue weighted by molar-refractivity contribution is 0.174. The first-order chi connectivity index (χ1) is 8.98. The Morgan fingerprint density at radius 2 is 1.95 bits per heavy atom. The summed E-state index contributed by atoms with van der Waals surface area (Å²) >= 11 is 0. The smallest absolute Gasteiger partial charge is 0.243 e. The van der Waals surface area contributed by atoms with E-state index in [1.54, 1.807) is 13.0 Å². The summed E-state index contributed by atoms with van der Waals surface area (Å²) in [5, 5.41) is 0.